The molecule has 0 spiro atoms. The minimum Gasteiger partial charge on any atom is -0.389 e. The molecule has 0 bridgehead atoms. The molecule has 0 saturated heterocycles. The molecule has 1 heterocycles. The number of rotatable bonds is 5. The van der Waals surface area contributed by atoms with Crippen molar-refractivity contribution in [1.29, 1.82) is 0 Å². The highest BCUT2D eigenvalue weighted by atomic mass is 16.6. The van der Waals surface area contributed by atoms with Crippen molar-refractivity contribution in [1.82, 2.24) is 9.47 Å². The summed E-state index contributed by atoms with van der Waals surface area (Å²) in [5.74, 6) is -0.333. The van der Waals surface area contributed by atoms with Crippen molar-refractivity contribution in [3.05, 3.63) is 28.1 Å². The average molecular weight is 269 g/mol. The number of aromatic nitrogens is 1. The molecule has 1 aromatic heterocycles. The normalized spacial score (nSPS) is 11.4. The molecule has 7 nitrogen and oxygen atoms in total. The summed E-state index contributed by atoms with van der Waals surface area (Å²) >= 11 is 0. The Morgan fingerprint density at radius 2 is 2.16 bits per heavy atom. The van der Waals surface area contributed by atoms with Gasteiger partial charge in [0.15, 0.2) is 0 Å². The molecule has 0 aromatic carbocycles. The molecule has 7 heteroatoms. The zero-order chi connectivity index (χ0) is 14.8. The molecule has 1 amide bonds. The van der Waals surface area contributed by atoms with Crippen LogP contribution in [0.2, 0.25) is 0 Å². The van der Waals surface area contributed by atoms with Gasteiger partial charge in [-0.3, -0.25) is 14.9 Å². The minimum absolute atomic E-state index is 0.120. The molecule has 1 rings (SSSR count). The molecule has 0 radical (unpaired) electrons. The van der Waals surface area contributed by atoms with Gasteiger partial charge in [-0.1, -0.05) is 0 Å². The van der Waals surface area contributed by atoms with Crippen LogP contribution in [0, 0.1) is 10.1 Å². The van der Waals surface area contributed by atoms with E-state index in [4.69, 9.17) is 0 Å². The Hall–Kier alpha value is -1.89. The van der Waals surface area contributed by atoms with E-state index in [1.54, 1.807) is 27.8 Å². The van der Waals surface area contributed by atoms with E-state index in [0.29, 0.717) is 6.54 Å². The van der Waals surface area contributed by atoms with Crippen LogP contribution in [-0.4, -0.2) is 44.1 Å². The number of hydrogen-bond acceptors (Lipinski definition) is 4. The third-order valence-corrected chi connectivity index (χ3v) is 2.67. The molecule has 19 heavy (non-hydrogen) atoms. The van der Waals surface area contributed by atoms with Crippen molar-refractivity contribution >= 4 is 11.6 Å². The SMILES string of the molecule is CCN(CC(C)(C)O)C(=O)c1cc([N+](=O)[O-])cn1C. The van der Waals surface area contributed by atoms with Gasteiger partial charge >= 0.3 is 0 Å². The molecule has 0 aliphatic carbocycles. The van der Waals surface area contributed by atoms with Crippen LogP contribution in [-0.2, 0) is 7.05 Å². The zero-order valence-corrected chi connectivity index (χ0v) is 11.6. The van der Waals surface area contributed by atoms with Gasteiger partial charge in [0.2, 0.25) is 0 Å². The van der Waals surface area contributed by atoms with E-state index in [1.165, 1.54) is 21.7 Å². The lowest BCUT2D eigenvalue weighted by Crippen LogP contribution is -2.42. The number of carbonyl (C=O) groups excluding carboxylic acids is 1. The number of carbonyl (C=O) groups is 1. The third kappa shape index (κ3) is 3.78. The van der Waals surface area contributed by atoms with Gasteiger partial charge in [-0.05, 0) is 20.8 Å². The Bertz CT molecular complexity index is 488. The number of hydrogen-bond donors (Lipinski definition) is 1. The maximum absolute atomic E-state index is 12.3. The Kier molecular flexibility index (Phi) is 4.31. The summed E-state index contributed by atoms with van der Waals surface area (Å²) in [5, 5.41) is 20.5. The Morgan fingerprint density at radius 1 is 1.58 bits per heavy atom. The predicted molar refractivity (Wildman–Crippen MR) is 69.9 cm³/mol. The lowest BCUT2D eigenvalue weighted by Gasteiger charge is -2.28. The van der Waals surface area contributed by atoms with Gasteiger partial charge in [-0.15, -0.1) is 0 Å². The highest BCUT2D eigenvalue weighted by Crippen LogP contribution is 2.17. The van der Waals surface area contributed by atoms with E-state index in [2.05, 4.69) is 0 Å². The van der Waals surface area contributed by atoms with Crippen LogP contribution in [0.5, 0.6) is 0 Å². The lowest BCUT2D eigenvalue weighted by molar-refractivity contribution is -0.384. The van der Waals surface area contributed by atoms with Crippen molar-refractivity contribution in [2.45, 2.75) is 26.4 Å². The van der Waals surface area contributed by atoms with E-state index in [1.807, 2.05) is 0 Å². The molecule has 0 saturated carbocycles. The molecule has 0 fully saturated rings. The van der Waals surface area contributed by atoms with Crippen LogP contribution in [0.15, 0.2) is 12.3 Å². The molecule has 1 aromatic rings. The number of aryl methyl sites for hydroxylation is 1. The maximum Gasteiger partial charge on any atom is 0.287 e. The van der Waals surface area contributed by atoms with Crippen molar-refractivity contribution in [2.24, 2.45) is 7.05 Å². The molecule has 106 valence electrons. The summed E-state index contributed by atoms with van der Waals surface area (Å²) in [7, 11) is 1.58. The lowest BCUT2D eigenvalue weighted by atomic mass is 10.1. The van der Waals surface area contributed by atoms with Gasteiger partial charge in [-0.2, -0.15) is 0 Å². The third-order valence-electron chi connectivity index (χ3n) is 2.67. The molecule has 0 aliphatic rings. The molecular formula is C12H19N3O4. The molecule has 0 atom stereocenters. The van der Waals surface area contributed by atoms with E-state index in [0.717, 1.165) is 0 Å². The van der Waals surface area contributed by atoms with Crippen molar-refractivity contribution < 1.29 is 14.8 Å². The second-order valence-electron chi connectivity index (χ2n) is 5.08. The Morgan fingerprint density at radius 3 is 2.53 bits per heavy atom. The Labute approximate surface area is 111 Å². The van der Waals surface area contributed by atoms with E-state index in [-0.39, 0.29) is 23.8 Å². The number of likely N-dealkylation sites (N-methyl/N-ethyl adjacent to an activating group) is 1. The Balaban J connectivity index is 3.01. The average Bonchev–Trinajstić information content (AvgIpc) is 2.66. The van der Waals surface area contributed by atoms with Crippen LogP contribution in [0.3, 0.4) is 0 Å². The number of nitro groups is 1. The summed E-state index contributed by atoms with van der Waals surface area (Å²) in [6.07, 6.45) is 1.30. The zero-order valence-electron chi connectivity index (χ0n) is 11.6. The van der Waals surface area contributed by atoms with Gasteiger partial charge in [0.1, 0.15) is 5.69 Å². The summed E-state index contributed by atoms with van der Waals surface area (Å²) in [6.45, 7) is 5.59. The van der Waals surface area contributed by atoms with E-state index >= 15 is 0 Å². The smallest absolute Gasteiger partial charge is 0.287 e. The van der Waals surface area contributed by atoms with Crippen LogP contribution >= 0.6 is 0 Å². The first-order valence-electron chi connectivity index (χ1n) is 5.98. The standard InChI is InChI=1S/C12H19N3O4/c1-5-14(8-12(2,3)17)11(16)10-6-9(15(18)19)7-13(10)4/h6-7,17H,5,8H2,1-4H3. The van der Waals surface area contributed by atoms with Crippen molar-refractivity contribution in [2.75, 3.05) is 13.1 Å². The quantitative estimate of drug-likeness (QED) is 0.641. The minimum atomic E-state index is -1.01. The molecule has 0 unspecified atom stereocenters. The fraction of sp³-hybridized carbons (Fsp3) is 0.583. The van der Waals surface area contributed by atoms with E-state index < -0.39 is 10.5 Å². The summed E-state index contributed by atoms with van der Waals surface area (Å²) in [5.41, 5.74) is -0.897. The molecule has 1 N–H and O–H groups in total. The summed E-state index contributed by atoms with van der Waals surface area (Å²) in [4.78, 5) is 23.9. The number of aliphatic hydroxyl groups is 1. The second kappa shape index (κ2) is 5.40. The first-order chi connectivity index (χ1) is 8.65. The maximum atomic E-state index is 12.3. The van der Waals surface area contributed by atoms with Crippen molar-refractivity contribution in [3.63, 3.8) is 0 Å². The monoisotopic (exact) mass is 269 g/mol. The first-order valence-corrected chi connectivity index (χ1v) is 5.98. The van der Waals surface area contributed by atoms with Gasteiger partial charge in [0.25, 0.3) is 11.6 Å². The summed E-state index contributed by atoms with van der Waals surface area (Å²) < 4.78 is 1.42. The van der Waals surface area contributed by atoms with Crippen LogP contribution in [0.1, 0.15) is 31.3 Å². The summed E-state index contributed by atoms with van der Waals surface area (Å²) in [6, 6.07) is 1.25. The highest BCUT2D eigenvalue weighted by molar-refractivity contribution is 5.93. The van der Waals surface area contributed by atoms with Crippen LogP contribution in [0.25, 0.3) is 0 Å². The van der Waals surface area contributed by atoms with Crippen LogP contribution in [0.4, 0.5) is 5.69 Å². The first kappa shape index (κ1) is 15.2. The van der Waals surface area contributed by atoms with Gasteiger partial charge in [-0.25, -0.2) is 0 Å². The van der Waals surface area contributed by atoms with Gasteiger partial charge in [0, 0.05) is 26.2 Å². The van der Waals surface area contributed by atoms with Crippen LogP contribution < -0.4 is 0 Å². The predicted octanol–water partition coefficient (Wildman–Crippen LogP) is 1.17. The number of nitrogens with zero attached hydrogens (tertiary/aromatic N) is 3. The number of amides is 1. The van der Waals surface area contributed by atoms with E-state index in [9.17, 15) is 20.0 Å². The molecule has 0 aliphatic heterocycles. The topological polar surface area (TPSA) is 88.6 Å². The fourth-order valence-electron chi connectivity index (χ4n) is 1.82. The highest BCUT2D eigenvalue weighted by Gasteiger charge is 2.25. The molecular weight excluding hydrogens is 250 g/mol. The van der Waals surface area contributed by atoms with Crippen molar-refractivity contribution in [3.8, 4) is 0 Å². The van der Waals surface area contributed by atoms with Gasteiger partial charge < -0.3 is 14.6 Å². The van der Waals surface area contributed by atoms with Gasteiger partial charge in [0.05, 0.1) is 16.7 Å². The fourth-order valence-corrected chi connectivity index (χ4v) is 1.82. The second-order valence-corrected chi connectivity index (χ2v) is 5.08. The largest absolute Gasteiger partial charge is 0.389 e.